The molecule has 0 amide bonds. The molecule has 0 bridgehead atoms. The van der Waals surface area contributed by atoms with Crippen molar-refractivity contribution < 1.29 is 0 Å². The molecular weight excluding hydrogens is 324 g/mol. The van der Waals surface area contributed by atoms with Gasteiger partial charge in [-0.3, -0.25) is 0 Å². The van der Waals surface area contributed by atoms with Crippen molar-refractivity contribution in [1.82, 2.24) is 20.4 Å². The topological polar surface area (TPSA) is 58.0 Å². The van der Waals surface area contributed by atoms with Crippen LogP contribution < -0.4 is 9.80 Å². The van der Waals surface area contributed by atoms with Crippen LogP contribution >= 0.6 is 0 Å². The van der Waals surface area contributed by atoms with Gasteiger partial charge in [0.05, 0.1) is 17.4 Å². The number of rotatable bonds is 4. The number of aromatic nitrogens is 4. The summed E-state index contributed by atoms with van der Waals surface area (Å²) < 4.78 is 0. The molecule has 1 aliphatic heterocycles. The van der Waals surface area contributed by atoms with Crippen LogP contribution in [0.1, 0.15) is 49.1 Å². The van der Waals surface area contributed by atoms with Crippen LogP contribution in [0.5, 0.6) is 0 Å². The van der Waals surface area contributed by atoms with E-state index >= 15 is 0 Å². The molecule has 136 valence electrons. The van der Waals surface area contributed by atoms with E-state index in [-0.39, 0.29) is 0 Å². The van der Waals surface area contributed by atoms with Crippen molar-refractivity contribution in [3.05, 3.63) is 35.2 Å². The monoisotopic (exact) mass is 350 g/mol. The van der Waals surface area contributed by atoms with Gasteiger partial charge in [-0.1, -0.05) is 6.92 Å². The number of hydrogen-bond acceptors (Lipinski definition) is 6. The molecule has 2 aliphatic carbocycles. The molecule has 2 aromatic rings. The first kappa shape index (κ1) is 16.0. The third kappa shape index (κ3) is 2.91. The molecule has 0 N–H and O–H groups in total. The van der Waals surface area contributed by atoms with Crippen LogP contribution in [0.4, 0.5) is 11.6 Å². The highest BCUT2D eigenvalue weighted by Gasteiger charge is 2.33. The van der Waals surface area contributed by atoms with Crippen molar-refractivity contribution in [3.8, 4) is 0 Å². The van der Waals surface area contributed by atoms with Gasteiger partial charge in [0.2, 0.25) is 0 Å². The number of fused-ring (bicyclic) bond motifs is 1. The molecule has 0 spiro atoms. The SMILES string of the molecule is CC1CCc2nnc(N(C)C3CN(c4ccc(C5CC5)nn4)C3)cc2C1. The second-order valence-electron chi connectivity index (χ2n) is 8.28. The Labute approximate surface area is 154 Å². The van der Waals surface area contributed by atoms with Crippen molar-refractivity contribution in [2.24, 2.45) is 5.92 Å². The van der Waals surface area contributed by atoms with Gasteiger partial charge in [-0.25, -0.2) is 0 Å². The van der Waals surface area contributed by atoms with Crippen molar-refractivity contribution in [2.75, 3.05) is 29.9 Å². The van der Waals surface area contributed by atoms with Gasteiger partial charge in [-0.15, -0.1) is 10.2 Å². The van der Waals surface area contributed by atoms with E-state index in [0.29, 0.717) is 12.0 Å². The Morgan fingerprint density at radius 1 is 1.04 bits per heavy atom. The molecule has 26 heavy (non-hydrogen) atoms. The van der Waals surface area contributed by atoms with Crippen LogP contribution in [-0.4, -0.2) is 46.6 Å². The maximum Gasteiger partial charge on any atom is 0.151 e. The minimum absolute atomic E-state index is 0.452. The molecular formula is C20H26N6. The molecule has 6 heteroatoms. The van der Waals surface area contributed by atoms with Crippen molar-refractivity contribution in [3.63, 3.8) is 0 Å². The van der Waals surface area contributed by atoms with E-state index in [0.717, 1.165) is 49.2 Å². The molecule has 1 atom stereocenters. The lowest BCUT2D eigenvalue weighted by Gasteiger charge is -2.44. The maximum absolute atomic E-state index is 4.50. The molecule has 1 unspecified atom stereocenters. The van der Waals surface area contributed by atoms with Crippen LogP contribution in [0.15, 0.2) is 18.2 Å². The standard InChI is InChI=1S/C20H26N6/c1-13-3-6-18-15(9-13)10-20(24-22-18)25(2)16-11-26(12-16)19-8-7-17(21-23-19)14-4-5-14/h7-8,10,13-14,16H,3-6,9,11-12H2,1-2H3. The molecule has 6 nitrogen and oxygen atoms in total. The molecule has 3 heterocycles. The smallest absolute Gasteiger partial charge is 0.151 e. The summed E-state index contributed by atoms with van der Waals surface area (Å²) >= 11 is 0. The van der Waals surface area contributed by atoms with Crippen LogP contribution in [0, 0.1) is 5.92 Å². The highest BCUT2D eigenvalue weighted by molar-refractivity contribution is 5.49. The first-order valence-corrected chi connectivity index (χ1v) is 9.84. The Morgan fingerprint density at radius 3 is 2.62 bits per heavy atom. The summed E-state index contributed by atoms with van der Waals surface area (Å²) in [6.45, 7) is 4.25. The fraction of sp³-hybridized carbons (Fsp3) is 0.600. The highest BCUT2D eigenvalue weighted by Crippen LogP contribution is 2.39. The number of hydrogen-bond donors (Lipinski definition) is 0. The predicted molar refractivity (Wildman–Crippen MR) is 102 cm³/mol. The molecule has 0 radical (unpaired) electrons. The Balaban J connectivity index is 1.23. The zero-order chi connectivity index (χ0) is 17.7. The van der Waals surface area contributed by atoms with Gasteiger partial charge in [0.1, 0.15) is 0 Å². The summed E-state index contributed by atoms with van der Waals surface area (Å²) in [5.41, 5.74) is 3.74. The number of likely N-dealkylation sites (N-methyl/N-ethyl adjacent to an activating group) is 1. The van der Waals surface area contributed by atoms with E-state index in [1.54, 1.807) is 0 Å². The largest absolute Gasteiger partial charge is 0.352 e. The first-order valence-electron chi connectivity index (χ1n) is 9.84. The molecule has 2 fully saturated rings. The van der Waals surface area contributed by atoms with Gasteiger partial charge in [0.15, 0.2) is 11.6 Å². The molecule has 1 saturated carbocycles. The van der Waals surface area contributed by atoms with E-state index in [2.05, 4.69) is 62.4 Å². The molecule has 1 saturated heterocycles. The summed E-state index contributed by atoms with van der Waals surface area (Å²) in [5, 5.41) is 17.8. The van der Waals surface area contributed by atoms with Gasteiger partial charge in [0.25, 0.3) is 0 Å². The average molecular weight is 350 g/mol. The van der Waals surface area contributed by atoms with Crippen LogP contribution in [0.25, 0.3) is 0 Å². The Hall–Kier alpha value is -2.24. The van der Waals surface area contributed by atoms with Gasteiger partial charge < -0.3 is 9.80 Å². The normalized spacial score (nSPS) is 22.7. The zero-order valence-electron chi connectivity index (χ0n) is 15.6. The summed E-state index contributed by atoms with van der Waals surface area (Å²) in [7, 11) is 2.13. The lowest BCUT2D eigenvalue weighted by Crippen LogP contribution is -2.59. The Morgan fingerprint density at radius 2 is 1.88 bits per heavy atom. The fourth-order valence-electron chi connectivity index (χ4n) is 4.04. The zero-order valence-corrected chi connectivity index (χ0v) is 15.6. The molecule has 0 aromatic carbocycles. The van der Waals surface area contributed by atoms with Gasteiger partial charge in [0, 0.05) is 26.1 Å². The van der Waals surface area contributed by atoms with E-state index < -0.39 is 0 Å². The van der Waals surface area contributed by atoms with Crippen LogP contribution in [0.3, 0.4) is 0 Å². The minimum Gasteiger partial charge on any atom is -0.352 e. The quantitative estimate of drug-likeness (QED) is 0.845. The second kappa shape index (κ2) is 6.18. The summed E-state index contributed by atoms with van der Waals surface area (Å²) in [6, 6.07) is 6.97. The number of nitrogens with zero attached hydrogens (tertiary/aromatic N) is 6. The van der Waals surface area contributed by atoms with Crippen molar-refractivity contribution in [1.29, 1.82) is 0 Å². The van der Waals surface area contributed by atoms with Crippen molar-refractivity contribution in [2.45, 2.75) is 51.0 Å². The van der Waals surface area contributed by atoms with E-state index in [1.165, 1.54) is 30.5 Å². The second-order valence-corrected chi connectivity index (χ2v) is 8.28. The van der Waals surface area contributed by atoms with E-state index in [4.69, 9.17) is 0 Å². The van der Waals surface area contributed by atoms with Crippen molar-refractivity contribution >= 4 is 11.6 Å². The Kier molecular flexibility index (Phi) is 3.80. The summed E-state index contributed by atoms with van der Waals surface area (Å²) in [4.78, 5) is 4.56. The molecule has 3 aliphatic rings. The first-order chi connectivity index (χ1) is 12.7. The number of aryl methyl sites for hydroxylation is 1. The molecule has 5 rings (SSSR count). The Bertz CT molecular complexity index is 794. The lowest BCUT2D eigenvalue weighted by molar-refractivity contribution is 0.477. The molecule has 2 aromatic heterocycles. The summed E-state index contributed by atoms with van der Waals surface area (Å²) in [5.74, 6) is 3.40. The predicted octanol–water partition coefficient (Wildman–Crippen LogP) is 2.59. The van der Waals surface area contributed by atoms with Gasteiger partial charge >= 0.3 is 0 Å². The van der Waals surface area contributed by atoms with Gasteiger partial charge in [-0.2, -0.15) is 10.2 Å². The highest BCUT2D eigenvalue weighted by atomic mass is 15.4. The number of anilines is 2. The fourth-order valence-corrected chi connectivity index (χ4v) is 4.04. The maximum atomic E-state index is 4.50. The average Bonchev–Trinajstić information content (AvgIpc) is 3.45. The lowest BCUT2D eigenvalue weighted by atomic mass is 9.88. The van der Waals surface area contributed by atoms with E-state index in [1.807, 2.05) is 0 Å². The third-order valence-corrected chi connectivity index (χ3v) is 6.15. The summed E-state index contributed by atoms with van der Waals surface area (Å²) in [6.07, 6.45) is 5.97. The van der Waals surface area contributed by atoms with Gasteiger partial charge in [-0.05, 0) is 61.8 Å². The third-order valence-electron chi connectivity index (χ3n) is 6.15. The van der Waals surface area contributed by atoms with Crippen LogP contribution in [0.2, 0.25) is 0 Å². The minimum atomic E-state index is 0.452. The van der Waals surface area contributed by atoms with Crippen LogP contribution in [-0.2, 0) is 12.8 Å². The van der Waals surface area contributed by atoms with E-state index in [9.17, 15) is 0 Å².